The minimum Gasteiger partial charge on any atom is -0.386 e. The second-order valence-corrected chi connectivity index (χ2v) is 11.7. The fourth-order valence-electron chi connectivity index (χ4n) is 5.70. The number of allylic oxidation sites excluding steroid dienone is 4. The molecule has 33 heavy (non-hydrogen) atoms. The van der Waals surface area contributed by atoms with E-state index >= 15 is 0 Å². The lowest BCUT2D eigenvalue weighted by Gasteiger charge is -2.36. The third-order valence-electron chi connectivity index (χ3n) is 7.70. The smallest absolute Gasteiger partial charge is 0.0458 e. The first-order chi connectivity index (χ1) is 15.6. The van der Waals surface area contributed by atoms with E-state index < -0.39 is 0 Å². The van der Waals surface area contributed by atoms with E-state index in [1.165, 1.54) is 55.2 Å². The Morgan fingerprint density at radius 1 is 1.15 bits per heavy atom. The van der Waals surface area contributed by atoms with Gasteiger partial charge in [-0.15, -0.1) is 0 Å². The lowest BCUT2D eigenvalue weighted by molar-refractivity contribution is 0.212. The standard InChI is InChI=1S/C31H42N2/c1-21-10-8-12-25(18-21)24(4)33-29-15-14-27(23(29)3)28(20-32-30(5,6)7)31(16-17-31)26-13-9-11-22(2)19-26/h8,10,12,14-15,18,20,22,26,32-33H,3-4,9,11,13,16-17,19H2,1-2,5-7H3/b28-20+. The largest absolute Gasteiger partial charge is 0.386 e. The highest BCUT2D eigenvalue weighted by Gasteiger charge is 2.53. The predicted octanol–water partition coefficient (Wildman–Crippen LogP) is 7.81. The highest BCUT2D eigenvalue weighted by atomic mass is 14.9. The van der Waals surface area contributed by atoms with Crippen molar-refractivity contribution in [2.24, 2.45) is 17.3 Å². The van der Waals surface area contributed by atoms with Crippen LogP contribution in [-0.4, -0.2) is 5.54 Å². The molecule has 0 saturated heterocycles. The Kier molecular flexibility index (Phi) is 6.49. The fourth-order valence-corrected chi connectivity index (χ4v) is 5.70. The molecule has 0 spiro atoms. The minimum atomic E-state index is 0.0373. The summed E-state index contributed by atoms with van der Waals surface area (Å²) in [5.74, 6) is 1.62. The molecule has 4 rings (SSSR count). The molecular weight excluding hydrogens is 400 g/mol. The average Bonchev–Trinajstić information content (AvgIpc) is 3.48. The van der Waals surface area contributed by atoms with Gasteiger partial charge in [0.2, 0.25) is 0 Å². The Morgan fingerprint density at radius 3 is 2.55 bits per heavy atom. The maximum atomic E-state index is 4.54. The molecule has 0 heterocycles. The van der Waals surface area contributed by atoms with Gasteiger partial charge in [0, 0.05) is 28.5 Å². The quantitative estimate of drug-likeness (QED) is 0.450. The van der Waals surface area contributed by atoms with Crippen LogP contribution in [0, 0.1) is 24.2 Å². The van der Waals surface area contributed by atoms with Crippen LogP contribution in [0.4, 0.5) is 0 Å². The molecule has 0 radical (unpaired) electrons. The van der Waals surface area contributed by atoms with E-state index in [1.54, 1.807) is 0 Å². The molecule has 2 atom stereocenters. The number of rotatable bonds is 7. The average molecular weight is 443 g/mol. The highest BCUT2D eigenvalue weighted by Crippen LogP contribution is 2.64. The minimum absolute atomic E-state index is 0.0373. The summed E-state index contributed by atoms with van der Waals surface area (Å²) in [4.78, 5) is 0. The Morgan fingerprint density at radius 2 is 1.91 bits per heavy atom. The van der Waals surface area contributed by atoms with Gasteiger partial charge in [-0.2, -0.15) is 0 Å². The molecule has 2 fully saturated rings. The molecule has 3 aliphatic rings. The summed E-state index contributed by atoms with van der Waals surface area (Å²) in [6, 6.07) is 8.48. The van der Waals surface area contributed by atoms with Crippen molar-refractivity contribution in [1.29, 1.82) is 0 Å². The molecule has 0 amide bonds. The molecule has 2 heteroatoms. The zero-order valence-corrected chi connectivity index (χ0v) is 21.4. The van der Waals surface area contributed by atoms with Crippen molar-refractivity contribution in [3.05, 3.63) is 89.3 Å². The highest BCUT2D eigenvalue weighted by molar-refractivity contribution is 5.70. The van der Waals surface area contributed by atoms with Crippen LogP contribution >= 0.6 is 0 Å². The number of hydrogen-bond acceptors (Lipinski definition) is 2. The summed E-state index contributed by atoms with van der Waals surface area (Å²) in [7, 11) is 0. The molecule has 2 saturated carbocycles. The van der Waals surface area contributed by atoms with Gasteiger partial charge < -0.3 is 10.6 Å². The van der Waals surface area contributed by atoms with E-state index in [9.17, 15) is 0 Å². The monoisotopic (exact) mass is 442 g/mol. The van der Waals surface area contributed by atoms with E-state index in [-0.39, 0.29) is 5.54 Å². The Labute approximate surface area is 201 Å². The van der Waals surface area contributed by atoms with Gasteiger partial charge in [0.1, 0.15) is 0 Å². The normalized spacial score (nSPS) is 24.8. The van der Waals surface area contributed by atoms with Gasteiger partial charge in [-0.25, -0.2) is 0 Å². The lowest BCUT2D eigenvalue weighted by Crippen LogP contribution is -2.33. The van der Waals surface area contributed by atoms with Crippen molar-refractivity contribution in [3.63, 3.8) is 0 Å². The van der Waals surface area contributed by atoms with Crippen LogP contribution in [-0.2, 0) is 0 Å². The number of hydrogen-bond donors (Lipinski definition) is 2. The number of nitrogens with one attached hydrogen (secondary N) is 2. The van der Waals surface area contributed by atoms with Crippen LogP contribution in [0.5, 0.6) is 0 Å². The van der Waals surface area contributed by atoms with E-state index in [1.807, 2.05) is 0 Å². The molecule has 0 aromatic heterocycles. The summed E-state index contributed by atoms with van der Waals surface area (Å²) in [5.41, 5.74) is 8.53. The maximum absolute atomic E-state index is 4.54. The van der Waals surface area contributed by atoms with Crippen molar-refractivity contribution in [2.75, 3.05) is 0 Å². The van der Waals surface area contributed by atoms with Crippen LogP contribution in [0.15, 0.2) is 78.2 Å². The van der Waals surface area contributed by atoms with E-state index in [0.717, 1.165) is 34.4 Å². The molecule has 3 aliphatic carbocycles. The van der Waals surface area contributed by atoms with Gasteiger partial charge in [0.05, 0.1) is 0 Å². The molecule has 1 aromatic rings. The summed E-state index contributed by atoms with van der Waals surface area (Å²) < 4.78 is 0. The van der Waals surface area contributed by atoms with Crippen LogP contribution in [0.2, 0.25) is 0 Å². The van der Waals surface area contributed by atoms with Crippen molar-refractivity contribution >= 4 is 5.70 Å². The molecule has 2 unspecified atom stereocenters. The third-order valence-corrected chi connectivity index (χ3v) is 7.70. The van der Waals surface area contributed by atoms with Crippen LogP contribution in [0.1, 0.15) is 77.3 Å². The molecule has 0 aliphatic heterocycles. The van der Waals surface area contributed by atoms with E-state index in [4.69, 9.17) is 0 Å². The molecule has 1 aromatic carbocycles. The molecule has 2 nitrogen and oxygen atoms in total. The Balaban J connectivity index is 1.56. The lowest BCUT2D eigenvalue weighted by atomic mass is 9.69. The zero-order valence-electron chi connectivity index (χ0n) is 21.4. The summed E-state index contributed by atoms with van der Waals surface area (Å²) >= 11 is 0. The second-order valence-electron chi connectivity index (χ2n) is 11.7. The topological polar surface area (TPSA) is 24.1 Å². The van der Waals surface area contributed by atoms with Crippen LogP contribution in [0.3, 0.4) is 0 Å². The van der Waals surface area contributed by atoms with Gasteiger partial charge in [-0.1, -0.05) is 62.8 Å². The first kappa shape index (κ1) is 23.7. The van der Waals surface area contributed by atoms with Crippen molar-refractivity contribution < 1.29 is 0 Å². The SMILES string of the molecule is C=C1C(NC(=C)c2cccc(C)c2)=CC=C1/C(=C\NC(C)(C)C)C1(C2CCCC(C)C2)CC1. The fraction of sp³-hybridized carbons (Fsp3) is 0.484. The van der Waals surface area contributed by atoms with Gasteiger partial charge in [0.25, 0.3) is 0 Å². The molecule has 176 valence electrons. The van der Waals surface area contributed by atoms with Gasteiger partial charge >= 0.3 is 0 Å². The van der Waals surface area contributed by atoms with Crippen molar-refractivity contribution in [2.45, 2.75) is 78.7 Å². The summed E-state index contributed by atoms with van der Waals surface area (Å²) in [6.07, 6.45) is 14.9. The van der Waals surface area contributed by atoms with E-state index in [2.05, 4.69) is 101 Å². The van der Waals surface area contributed by atoms with E-state index in [0.29, 0.717) is 5.41 Å². The third kappa shape index (κ3) is 5.21. The number of benzene rings is 1. The van der Waals surface area contributed by atoms with Crippen LogP contribution < -0.4 is 10.6 Å². The van der Waals surface area contributed by atoms with Gasteiger partial charge in [-0.3, -0.25) is 0 Å². The maximum Gasteiger partial charge on any atom is 0.0458 e. The Bertz CT molecular complexity index is 1020. The molecule has 0 bridgehead atoms. The zero-order chi connectivity index (χ0) is 23.8. The van der Waals surface area contributed by atoms with Gasteiger partial charge in [0.15, 0.2) is 0 Å². The first-order valence-corrected chi connectivity index (χ1v) is 12.7. The van der Waals surface area contributed by atoms with Crippen molar-refractivity contribution in [3.8, 4) is 0 Å². The Hall–Kier alpha value is -2.48. The predicted molar refractivity (Wildman–Crippen MR) is 142 cm³/mol. The summed E-state index contributed by atoms with van der Waals surface area (Å²) in [6.45, 7) is 20.1. The first-order valence-electron chi connectivity index (χ1n) is 12.7. The molecular formula is C31H42N2. The second kappa shape index (κ2) is 9.05. The molecule has 2 N–H and O–H groups in total. The van der Waals surface area contributed by atoms with Crippen molar-refractivity contribution in [1.82, 2.24) is 10.6 Å². The van der Waals surface area contributed by atoms with Gasteiger partial charge in [-0.05, 0) is 99.6 Å². The summed E-state index contributed by atoms with van der Waals surface area (Å²) in [5, 5.41) is 7.25. The van der Waals surface area contributed by atoms with Crippen LogP contribution in [0.25, 0.3) is 5.70 Å². The number of aryl methyl sites for hydroxylation is 1.